The number of nitro groups is 1. The molecule has 2 aromatic carbocycles. The van der Waals surface area contributed by atoms with Crippen LogP contribution in [-0.2, 0) is 4.79 Å². The average molecular weight is 464 g/mol. The van der Waals surface area contributed by atoms with Crippen LogP contribution >= 0.6 is 46.5 Å². The lowest BCUT2D eigenvalue weighted by atomic mass is 10.3. The first-order valence-electron chi connectivity index (χ1n) is 8.22. The van der Waals surface area contributed by atoms with Crippen LogP contribution < -0.4 is 5.43 Å². The van der Waals surface area contributed by atoms with Gasteiger partial charge in [-0.1, -0.05) is 23.4 Å². The van der Waals surface area contributed by atoms with Gasteiger partial charge in [0.25, 0.3) is 5.69 Å². The number of hydrogen-bond donors (Lipinski definition) is 1. The summed E-state index contributed by atoms with van der Waals surface area (Å²) in [5.74, 6) is -0.0889. The van der Waals surface area contributed by atoms with E-state index in [4.69, 9.17) is 11.6 Å². The quantitative estimate of drug-likeness (QED) is 0.200. The van der Waals surface area contributed by atoms with Crippen molar-refractivity contribution in [3.05, 3.63) is 80.7 Å². The van der Waals surface area contributed by atoms with Crippen LogP contribution in [0.1, 0.15) is 4.88 Å². The largest absolute Gasteiger partial charge is 0.272 e. The highest BCUT2D eigenvalue weighted by Crippen LogP contribution is 2.33. The number of non-ortho nitro benzene ring substituents is 1. The van der Waals surface area contributed by atoms with Gasteiger partial charge in [-0.25, -0.2) is 5.43 Å². The molecule has 0 fully saturated rings. The van der Waals surface area contributed by atoms with Crippen molar-refractivity contribution in [1.82, 2.24) is 5.43 Å². The molecule has 1 amide bonds. The van der Waals surface area contributed by atoms with E-state index in [1.165, 1.54) is 23.9 Å². The summed E-state index contributed by atoms with van der Waals surface area (Å²) in [4.78, 5) is 24.9. The Kier molecular flexibility index (Phi) is 7.70. The van der Waals surface area contributed by atoms with Gasteiger partial charge in [0.05, 0.1) is 21.1 Å². The van der Waals surface area contributed by atoms with Crippen molar-refractivity contribution in [1.29, 1.82) is 0 Å². The van der Waals surface area contributed by atoms with Gasteiger partial charge in [0.1, 0.15) is 0 Å². The topological polar surface area (TPSA) is 84.6 Å². The van der Waals surface area contributed by atoms with Crippen LogP contribution in [-0.4, -0.2) is 22.8 Å². The van der Waals surface area contributed by atoms with E-state index >= 15 is 0 Å². The van der Waals surface area contributed by atoms with Gasteiger partial charge in [0.2, 0.25) is 5.91 Å². The van der Waals surface area contributed by atoms with Gasteiger partial charge in [-0.3, -0.25) is 14.9 Å². The third kappa shape index (κ3) is 6.90. The zero-order chi connectivity index (χ0) is 20.6. The summed E-state index contributed by atoms with van der Waals surface area (Å²) in [7, 11) is 0. The van der Waals surface area contributed by atoms with Crippen molar-refractivity contribution in [2.45, 2.75) is 14.0 Å². The van der Waals surface area contributed by atoms with Crippen LogP contribution in [0.3, 0.4) is 0 Å². The summed E-state index contributed by atoms with van der Waals surface area (Å²) in [6.45, 7) is 0. The van der Waals surface area contributed by atoms with Crippen LogP contribution in [0.5, 0.6) is 0 Å². The minimum Gasteiger partial charge on any atom is -0.272 e. The van der Waals surface area contributed by atoms with Crippen molar-refractivity contribution in [3.8, 4) is 0 Å². The fourth-order valence-corrected chi connectivity index (χ4v) is 4.90. The van der Waals surface area contributed by atoms with Gasteiger partial charge < -0.3 is 0 Å². The van der Waals surface area contributed by atoms with Crippen LogP contribution in [0, 0.1) is 10.1 Å². The molecule has 0 aliphatic carbocycles. The Morgan fingerprint density at radius 1 is 1.10 bits per heavy atom. The van der Waals surface area contributed by atoms with E-state index in [1.54, 1.807) is 41.4 Å². The predicted octanol–water partition coefficient (Wildman–Crippen LogP) is 5.70. The third-order valence-corrected chi connectivity index (χ3v) is 6.86. The summed E-state index contributed by atoms with van der Waals surface area (Å²) in [5, 5.41) is 15.3. The number of benzene rings is 2. The average Bonchev–Trinajstić information content (AvgIpc) is 3.15. The first-order chi connectivity index (χ1) is 14.0. The lowest BCUT2D eigenvalue weighted by Gasteiger charge is -2.00. The van der Waals surface area contributed by atoms with Crippen LogP contribution in [0.4, 0.5) is 5.69 Å². The number of hydrogen-bond acceptors (Lipinski definition) is 7. The first kappa shape index (κ1) is 21.4. The molecule has 29 heavy (non-hydrogen) atoms. The number of carbonyl (C=O) groups is 1. The molecule has 0 radical (unpaired) electrons. The van der Waals surface area contributed by atoms with E-state index < -0.39 is 4.92 Å². The number of halogens is 1. The SMILES string of the molecule is O=C(CSc1ccc([N+](=O)[O-])cc1)N/N=C\c1ccc(Sc2ccc(Cl)cc2)s1. The maximum Gasteiger partial charge on any atom is 0.269 e. The maximum atomic E-state index is 11.9. The van der Waals surface area contributed by atoms with Crippen LogP contribution in [0.2, 0.25) is 5.02 Å². The molecule has 3 rings (SSSR count). The van der Waals surface area contributed by atoms with E-state index in [-0.39, 0.29) is 17.3 Å². The monoisotopic (exact) mass is 463 g/mol. The zero-order valence-corrected chi connectivity index (χ0v) is 18.0. The number of hydrazone groups is 1. The van der Waals surface area contributed by atoms with Gasteiger partial charge in [0.15, 0.2) is 0 Å². The lowest BCUT2D eigenvalue weighted by Crippen LogP contribution is -2.19. The molecule has 0 saturated carbocycles. The Labute approximate surface area is 184 Å². The standard InChI is InChI=1S/C19H14ClN3O3S3/c20-13-1-5-16(6-2-13)28-19-10-9-17(29-19)11-21-22-18(24)12-27-15-7-3-14(4-8-15)23(25)26/h1-11H,12H2,(H,22,24)/b21-11-. The molecule has 10 heteroatoms. The second-order valence-electron chi connectivity index (χ2n) is 5.55. The molecule has 3 aromatic rings. The van der Waals surface area contributed by atoms with Crippen LogP contribution in [0.25, 0.3) is 0 Å². The van der Waals surface area contributed by atoms with Crippen molar-refractivity contribution >= 4 is 64.3 Å². The molecule has 6 nitrogen and oxygen atoms in total. The highest BCUT2D eigenvalue weighted by molar-refractivity contribution is 8.01. The maximum absolute atomic E-state index is 11.9. The second-order valence-corrected chi connectivity index (χ2v) is 9.52. The molecule has 0 atom stereocenters. The molecule has 1 heterocycles. The van der Waals surface area contributed by atoms with E-state index in [2.05, 4.69) is 10.5 Å². The molecular formula is C19H14ClN3O3S3. The summed E-state index contributed by atoms with van der Waals surface area (Å²) >= 11 is 10.4. The van der Waals surface area contributed by atoms with Gasteiger partial charge in [0, 0.05) is 31.8 Å². The summed E-state index contributed by atoms with van der Waals surface area (Å²) in [6, 6.07) is 17.6. The number of rotatable bonds is 8. The van der Waals surface area contributed by atoms with E-state index in [9.17, 15) is 14.9 Å². The second kappa shape index (κ2) is 10.4. The van der Waals surface area contributed by atoms with Crippen molar-refractivity contribution in [3.63, 3.8) is 0 Å². The Hall–Kier alpha value is -2.33. The molecule has 0 saturated heterocycles. The third-order valence-electron chi connectivity index (χ3n) is 3.43. The van der Waals surface area contributed by atoms with Crippen molar-refractivity contribution in [2.75, 3.05) is 5.75 Å². The molecule has 0 bridgehead atoms. The summed E-state index contributed by atoms with van der Waals surface area (Å²) in [6.07, 6.45) is 1.60. The molecular weight excluding hydrogens is 450 g/mol. The van der Waals surface area contributed by atoms with Crippen molar-refractivity contribution in [2.24, 2.45) is 5.10 Å². The number of carbonyl (C=O) groups excluding carboxylic acids is 1. The molecule has 148 valence electrons. The first-order valence-corrected chi connectivity index (χ1v) is 11.2. The normalized spacial score (nSPS) is 10.9. The smallest absolute Gasteiger partial charge is 0.269 e. The fourth-order valence-electron chi connectivity index (χ4n) is 2.09. The number of amides is 1. The summed E-state index contributed by atoms with van der Waals surface area (Å²) in [5.41, 5.74) is 2.50. The predicted molar refractivity (Wildman–Crippen MR) is 119 cm³/mol. The van der Waals surface area contributed by atoms with Gasteiger partial charge >= 0.3 is 0 Å². The molecule has 1 aromatic heterocycles. The minimum atomic E-state index is -0.459. The van der Waals surface area contributed by atoms with Crippen LogP contribution in [0.15, 0.2) is 79.8 Å². The molecule has 0 unspecified atom stereocenters. The number of thiophene rings is 1. The molecule has 0 aliphatic rings. The summed E-state index contributed by atoms with van der Waals surface area (Å²) < 4.78 is 1.11. The van der Waals surface area contributed by atoms with Crippen molar-refractivity contribution < 1.29 is 9.72 Å². The Morgan fingerprint density at radius 3 is 2.48 bits per heavy atom. The fraction of sp³-hybridized carbons (Fsp3) is 0.0526. The number of nitrogens with zero attached hydrogens (tertiary/aromatic N) is 2. The zero-order valence-electron chi connectivity index (χ0n) is 14.8. The van der Waals surface area contributed by atoms with E-state index in [0.717, 1.165) is 18.9 Å². The Balaban J connectivity index is 1.44. The van der Waals surface area contributed by atoms with E-state index in [1.807, 2.05) is 36.4 Å². The minimum absolute atomic E-state index is 0.0212. The number of nitro benzene ring substituents is 1. The number of nitrogens with one attached hydrogen (secondary N) is 1. The lowest BCUT2D eigenvalue weighted by molar-refractivity contribution is -0.384. The molecule has 1 N–H and O–H groups in total. The Morgan fingerprint density at radius 2 is 1.79 bits per heavy atom. The molecule has 0 spiro atoms. The van der Waals surface area contributed by atoms with E-state index in [0.29, 0.717) is 5.02 Å². The highest BCUT2D eigenvalue weighted by atomic mass is 35.5. The van der Waals surface area contributed by atoms with Gasteiger partial charge in [-0.05, 0) is 48.5 Å². The highest BCUT2D eigenvalue weighted by Gasteiger charge is 2.06. The number of thioether (sulfide) groups is 1. The van der Waals surface area contributed by atoms with Gasteiger partial charge in [-0.15, -0.1) is 23.1 Å². The van der Waals surface area contributed by atoms with Gasteiger partial charge in [-0.2, -0.15) is 5.10 Å². The molecule has 0 aliphatic heterocycles. The Bertz CT molecular complexity index is 1020.